The van der Waals surface area contributed by atoms with Crippen LogP contribution < -0.4 is 9.47 Å². The van der Waals surface area contributed by atoms with Crippen molar-refractivity contribution >= 4 is 17.5 Å². The molecule has 1 saturated heterocycles. The highest BCUT2D eigenvalue weighted by atomic mass is 35.5. The van der Waals surface area contributed by atoms with E-state index in [0.29, 0.717) is 35.5 Å². The first-order chi connectivity index (χ1) is 12.1. The SMILES string of the molecule is COc1ccc(OCc2cc(C(=O)N(C)[C@@H]3CCOC3)no2)c(Cl)c1. The van der Waals surface area contributed by atoms with E-state index >= 15 is 0 Å². The van der Waals surface area contributed by atoms with Gasteiger partial charge in [0.2, 0.25) is 0 Å². The van der Waals surface area contributed by atoms with Gasteiger partial charge in [0.1, 0.15) is 18.1 Å². The molecule has 1 aromatic heterocycles. The van der Waals surface area contributed by atoms with Crippen LogP contribution in [-0.4, -0.2) is 49.4 Å². The third-order valence-corrected chi connectivity index (χ3v) is 4.36. The standard InChI is InChI=1S/C17H19ClN2O5/c1-20(11-5-6-23-9-11)17(21)15-8-13(25-19-15)10-24-16-4-3-12(22-2)7-14(16)18/h3-4,7-8,11H,5-6,9-10H2,1-2H3/t11-/m1/s1. The van der Waals surface area contributed by atoms with Crippen LogP contribution in [0, 0.1) is 0 Å². The van der Waals surface area contributed by atoms with Gasteiger partial charge in [-0.1, -0.05) is 16.8 Å². The fourth-order valence-electron chi connectivity index (χ4n) is 2.53. The molecule has 1 aliphatic heterocycles. The van der Waals surface area contributed by atoms with Gasteiger partial charge in [0.05, 0.1) is 24.8 Å². The Morgan fingerprint density at radius 1 is 1.44 bits per heavy atom. The zero-order valence-electron chi connectivity index (χ0n) is 14.0. The van der Waals surface area contributed by atoms with Gasteiger partial charge < -0.3 is 23.6 Å². The first-order valence-electron chi connectivity index (χ1n) is 7.85. The Bertz CT molecular complexity index is 742. The maximum Gasteiger partial charge on any atom is 0.276 e. The monoisotopic (exact) mass is 366 g/mol. The predicted octanol–water partition coefficient (Wildman–Crippen LogP) is 2.78. The Hall–Kier alpha value is -2.25. The van der Waals surface area contributed by atoms with Gasteiger partial charge >= 0.3 is 0 Å². The average Bonchev–Trinajstić information content (AvgIpc) is 3.31. The van der Waals surface area contributed by atoms with E-state index in [4.69, 9.17) is 30.3 Å². The van der Waals surface area contributed by atoms with E-state index in [9.17, 15) is 4.79 Å². The molecule has 8 heteroatoms. The van der Waals surface area contributed by atoms with Crippen molar-refractivity contribution in [3.05, 3.63) is 40.7 Å². The molecule has 134 valence electrons. The van der Waals surface area contributed by atoms with Crippen molar-refractivity contribution in [2.45, 2.75) is 19.1 Å². The number of amides is 1. The van der Waals surface area contributed by atoms with Crippen molar-refractivity contribution in [1.82, 2.24) is 10.1 Å². The van der Waals surface area contributed by atoms with E-state index in [2.05, 4.69) is 5.16 Å². The Labute approximate surface area is 150 Å². The fourth-order valence-corrected chi connectivity index (χ4v) is 2.76. The topological polar surface area (TPSA) is 74.0 Å². The van der Waals surface area contributed by atoms with Crippen molar-refractivity contribution in [1.29, 1.82) is 0 Å². The van der Waals surface area contributed by atoms with E-state index in [1.54, 1.807) is 43.3 Å². The van der Waals surface area contributed by atoms with Gasteiger partial charge in [-0.2, -0.15) is 0 Å². The van der Waals surface area contributed by atoms with E-state index in [0.717, 1.165) is 6.42 Å². The van der Waals surface area contributed by atoms with Crippen LogP contribution in [0.25, 0.3) is 0 Å². The number of carbonyl (C=O) groups is 1. The summed E-state index contributed by atoms with van der Waals surface area (Å²) >= 11 is 6.12. The summed E-state index contributed by atoms with van der Waals surface area (Å²) in [5.41, 5.74) is 0.244. The molecule has 1 atom stereocenters. The normalized spacial score (nSPS) is 16.7. The summed E-state index contributed by atoms with van der Waals surface area (Å²) in [6.07, 6.45) is 0.825. The lowest BCUT2D eigenvalue weighted by Crippen LogP contribution is -2.37. The molecule has 1 amide bonds. The smallest absolute Gasteiger partial charge is 0.276 e. The zero-order chi connectivity index (χ0) is 17.8. The van der Waals surface area contributed by atoms with Crippen LogP contribution in [0.2, 0.25) is 5.02 Å². The highest BCUT2D eigenvalue weighted by molar-refractivity contribution is 6.32. The lowest BCUT2D eigenvalue weighted by molar-refractivity contribution is 0.0700. The molecular weight excluding hydrogens is 348 g/mol. The van der Waals surface area contributed by atoms with Crippen LogP contribution in [-0.2, 0) is 11.3 Å². The number of rotatable bonds is 6. The van der Waals surface area contributed by atoms with E-state index in [1.807, 2.05) is 0 Å². The van der Waals surface area contributed by atoms with Gasteiger partial charge in [-0.05, 0) is 18.6 Å². The quantitative estimate of drug-likeness (QED) is 0.782. The van der Waals surface area contributed by atoms with Gasteiger partial charge in [0.15, 0.2) is 11.5 Å². The predicted molar refractivity (Wildman–Crippen MR) is 90.2 cm³/mol. The van der Waals surface area contributed by atoms with Crippen LogP contribution in [0.1, 0.15) is 22.7 Å². The second-order valence-electron chi connectivity index (χ2n) is 5.70. The largest absolute Gasteiger partial charge is 0.497 e. The minimum atomic E-state index is -0.201. The molecule has 0 N–H and O–H groups in total. The van der Waals surface area contributed by atoms with Gasteiger partial charge in [0.25, 0.3) is 5.91 Å². The van der Waals surface area contributed by atoms with Crippen LogP contribution in [0.4, 0.5) is 0 Å². The first kappa shape index (κ1) is 17.6. The minimum Gasteiger partial charge on any atom is -0.497 e. The van der Waals surface area contributed by atoms with Crippen molar-refractivity contribution in [3.63, 3.8) is 0 Å². The van der Waals surface area contributed by atoms with E-state index in [-0.39, 0.29) is 24.2 Å². The molecule has 0 aliphatic carbocycles. The van der Waals surface area contributed by atoms with Crippen LogP contribution in [0.3, 0.4) is 0 Å². The number of halogens is 1. The Morgan fingerprint density at radius 3 is 2.96 bits per heavy atom. The Kier molecular flexibility index (Phi) is 5.45. The lowest BCUT2D eigenvalue weighted by atomic mass is 10.2. The third-order valence-electron chi connectivity index (χ3n) is 4.06. The highest BCUT2D eigenvalue weighted by Crippen LogP contribution is 2.29. The molecule has 7 nitrogen and oxygen atoms in total. The van der Waals surface area contributed by atoms with Crippen molar-refractivity contribution in [2.24, 2.45) is 0 Å². The van der Waals surface area contributed by atoms with Crippen LogP contribution in [0.15, 0.2) is 28.8 Å². The highest BCUT2D eigenvalue weighted by Gasteiger charge is 2.26. The molecule has 1 aliphatic rings. The third kappa shape index (κ3) is 4.05. The van der Waals surface area contributed by atoms with Gasteiger partial charge in [0, 0.05) is 25.8 Å². The van der Waals surface area contributed by atoms with Crippen LogP contribution >= 0.6 is 11.6 Å². The summed E-state index contributed by atoms with van der Waals surface area (Å²) in [6, 6.07) is 6.76. The fraction of sp³-hybridized carbons (Fsp3) is 0.412. The molecule has 0 bridgehead atoms. The minimum absolute atomic E-state index is 0.0713. The summed E-state index contributed by atoms with van der Waals surface area (Å²) < 4.78 is 21.2. The molecule has 0 unspecified atom stereocenters. The maximum atomic E-state index is 12.4. The molecule has 1 fully saturated rings. The summed E-state index contributed by atoms with van der Waals surface area (Å²) in [5.74, 6) is 1.37. The summed E-state index contributed by atoms with van der Waals surface area (Å²) in [6.45, 7) is 1.33. The molecule has 2 heterocycles. The van der Waals surface area contributed by atoms with E-state index in [1.165, 1.54) is 0 Å². The average molecular weight is 367 g/mol. The Morgan fingerprint density at radius 2 is 2.28 bits per heavy atom. The zero-order valence-corrected chi connectivity index (χ0v) is 14.8. The molecule has 3 rings (SSSR count). The number of ether oxygens (including phenoxy) is 3. The van der Waals surface area contributed by atoms with Gasteiger partial charge in [-0.25, -0.2) is 0 Å². The van der Waals surface area contributed by atoms with Crippen molar-refractivity contribution < 1.29 is 23.5 Å². The number of carbonyl (C=O) groups excluding carboxylic acids is 1. The summed E-state index contributed by atoms with van der Waals surface area (Å²) in [5, 5.41) is 4.26. The van der Waals surface area contributed by atoms with Gasteiger partial charge in [-0.15, -0.1) is 0 Å². The molecule has 0 spiro atoms. The lowest BCUT2D eigenvalue weighted by Gasteiger charge is -2.21. The molecule has 1 aromatic carbocycles. The molecule has 0 saturated carbocycles. The molecule has 0 radical (unpaired) electrons. The van der Waals surface area contributed by atoms with E-state index < -0.39 is 0 Å². The number of hydrogen-bond donors (Lipinski definition) is 0. The molecular formula is C17H19ClN2O5. The Balaban J connectivity index is 1.60. The summed E-state index contributed by atoms with van der Waals surface area (Å²) in [4.78, 5) is 14.1. The van der Waals surface area contributed by atoms with Crippen molar-refractivity contribution in [2.75, 3.05) is 27.4 Å². The van der Waals surface area contributed by atoms with Gasteiger partial charge in [-0.3, -0.25) is 4.79 Å². The maximum absolute atomic E-state index is 12.4. The number of aromatic nitrogens is 1. The number of likely N-dealkylation sites (N-methyl/N-ethyl adjacent to an activating group) is 1. The molecule has 25 heavy (non-hydrogen) atoms. The molecule has 2 aromatic rings. The number of methoxy groups -OCH3 is 1. The summed E-state index contributed by atoms with van der Waals surface area (Å²) in [7, 11) is 3.30. The van der Waals surface area contributed by atoms with Crippen molar-refractivity contribution in [3.8, 4) is 11.5 Å². The van der Waals surface area contributed by atoms with Crippen LogP contribution in [0.5, 0.6) is 11.5 Å². The second-order valence-corrected chi connectivity index (χ2v) is 6.10. The number of nitrogens with zero attached hydrogens (tertiary/aromatic N) is 2. The number of benzene rings is 1. The number of hydrogen-bond acceptors (Lipinski definition) is 6. The first-order valence-corrected chi connectivity index (χ1v) is 8.23. The second kappa shape index (κ2) is 7.76.